The van der Waals surface area contributed by atoms with Crippen molar-refractivity contribution >= 4 is 24.8 Å². The molecule has 0 atom stereocenters. The third-order valence-electron chi connectivity index (χ3n) is 1.05. The average Bonchev–Trinajstić information content (AvgIpc) is 1.87. The molecule has 0 nitrogen and oxygen atoms in total. The number of halogens is 2. The molecule has 0 saturated carbocycles. The standard InChI is InChI=1S/C6H7.2ClH.Ti/c1-6-4-2-3-5-6;;;/h4-5H,2H2,1H3;2*1H;. The monoisotopic (exact) mass is 199 g/mol. The Morgan fingerprint density at radius 1 is 1.44 bits per heavy atom. The molecule has 0 saturated heterocycles. The van der Waals surface area contributed by atoms with Gasteiger partial charge in [-0.2, -0.15) is 0 Å². The molecule has 0 aromatic carbocycles. The largest absolute Gasteiger partial charge is 0.147 e. The Morgan fingerprint density at radius 3 is 2.11 bits per heavy atom. The molecule has 1 aliphatic carbocycles. The van der Waals surface area contributed by atoms with Crippen LogP contribution in [0.5, 0.6) is 0 Å². The fraction of sp³-hybridized carbons (Fsp3) is 0.333. The summed E-state index contributed by atoms with van der Waals surface area (Å²) in [6.07, 6.45) is 5.64. The second-order valence-electron chi connectivity index (χ2n) is 1.82. The number of hydrogen-bond acceptors (Lipinski definition) is 0. The number of rotatable bonds is 0. The minimum absolute atomic E-state index is 0. The van der Waals surface area contributed by atoms with Crippen LogP contribution in [0.2, 0.25) is 0 Å². The zero-order valence-electron chi connectivity index (χ0n) is 5.18. The van der Waals surface area contributed by atoms with E-state index in [1.54, 1.807) is 0 Å². The molecule has 3 heteroatoms. The minimum atomic E-state index is 0. The van der Waals surface area contributed by atoms with E-state index in [1.165, 1.54) is 15.9 Å². The van der Waals surface area contributed by atoms with E-state index in [0.29, 0.717) is 0 Å². The summed E-state index contributed by atoms with van der Waals surface area (Å²) in [6, 6.07) is 0. The van der Waals surface area contributed by atoms with Gasteiger partial charge in [0.2, 0.25) is 0 Å². The molecule has 0 heterocycles. The molecule has 1 rings (SSSR count). The second-order valence-corrected chi connectivity index (χ2v) is 2.82. The maximum Gasteiger partial charge on any atom is -0.147 e. The SMILES string of the molecule is CC1=CC[C]([Ti])=C1.Cl.Cl. The summed E-state index contributed by atoms with van der Waals surface area (Å²) in [7, 11) is 0. The van der Waals surface area contributed by atoms with Gasteiger partial charge in [0.15, 0.2) is 0 Å². The molecule has 0 fully saturated rings. The number of allylic oxidation sites excluding steroid dienone is 4. The van der Waals surface area contributed by atoms with Gasteiger partial charge in [-0.3, -0.25) is 0 Å². The van der Waals surface area contributed by atoms with E-state index in [4.69, 9.17) is 0 Å². The average molecular weight is 200 g/mol. The molecular weight excluding hydrogens is 191 g/mol. The molecular formula is C6H9Cl2Ti. The van der Waals surface area contributed by atoms with Crippen LogP contribution in [0.25, 0.3) is 0 Å². The van der Waals surface area contributed by atoms with Crippen LogP contribution in [0, 0.1) is 0 Å². The van der Waals surface area contributed by atoms with Crippen molar-refractivity contribution in [3.63, 3.8) is 0 Å². The van der Waals surface area contributed by atoms with Gasteiger partial charge in [0.1, 0.15) is 0 Å². The van der Waals surface area contributed by atoms with Gasteiger partial charge in [0.25, 0.3) is 0 Å². The predicted molar refractivity (Wildman–Crippen MR) is 41.0 cm³/mol. The molecule has 0 N–H and O–H groups in total. The fourth-order valence-electron chi connectivity index (χ4n) is 0.664. The van der Waals surface area contributed by atoms with Gasteiger partial charge in [-0.15, -0.1) is 24.8 Å². The summed E-state index contributed by atoms with van der Waals surface area (Å²) in [4.78, 5) is 0. The summed E-state index contributed by atoms with van der Waals surface area (Å²) >= 11 is 2.16. The van der Waals surface area contributed by atoms with Gasteiger partial charge in [-0.1, -0.05) is 0 Å². The maximum atomic E-state index is 2.25. The van der Waals surface area contributed by atoms with Crippen LogP contribution in [0.15, 0.2) is 21.6 Å². The Kier molecular flexibility index (Phi) is 7.68. The summed E-state index contributed by atoms with van der Waals surface area (Å²) in [5.74, 6) is 0. The second kappa shape index (κ2) is 5.55. The summed E-state index contributed by atoms with van der Waals surface area (Å²) in [5, 5.41) is 0. The Labute approximate surface area is 80.0 Å². The molecule has 51 valence electrons. The normalized spacial score (nSPS) is 14.7. The van der Waals surface area contributed by atoms with Crippen LogP contribution >= 0.6 is 24.8 Å². The summed E-state index contributed by atoms with van der Waals surface area (Å²) in [6.45, 7) is 2.14. The first-order valence-electron chi connectivity index (χ1n) is 2.38. The van der Waals surface area contributed by atoms with Crippen LogP contribution in [0.4, 0.5) is 0 Å². The van der Waals surface area contributed by atoms with E-state index in [9.17, 15) is 0 Å². The molecule has 0 aromatic rings. The van der Waals surface area contributed by atoms with Gasteiger partial charge in [0, 0.05) is 0 Å². The first kappa shape index (κ1) is 12.5. The molecule has 0 aromatic heterocycles. The topological polar surface area (TPSA) is 0 Å². The van der Waals surface area contributed by atoms with Crippen molar-refractivity contribution in [3.8, 4) is 0 Å². The quantitative estimate of drug-likeness (QED) is 0.527. The van der Waals surface area contributed by atoms with Crippen LogP contribution in [-0.2, 0) is 20.4 Å². The van der Waals surface area contributed by atoms with E-state index in [0.717, 1.165) is 0 Å². The first-order valence-corrected chi connectivity index (χ1v) is 3.16. The van der Waals surface area contributed by atoms with Crippen molar-refractivity contribution < 1.29 is 20.4 Å². The first-order chi connectivity index (χ1) is 3.29. The van der Waals surface area contributed by atoms with Crippen LogP contribution in [0.1, 0.15) is 13.3 Å². The van der Waals surface area contributed by atoms with E-state index < -0.39 is 0 Å². The van der Waals surface area contributed by atoms with Crippen LogP contribution < -0.4 is 0 Å². The third kappa shape index (κ3) is 4.21. The van der Waals surface area contributed by atoms with E-state index in [-0.39, 0.29) is 24.8 Å². The summed E-state index contributed by atoms with van der Waals surface area (Å²) in [5.41, 5.74) is 1.41. The molecule has 0 radical (unpaired) electrons. The van der Waals surface area contributed by atoms with Crippen molar-refractivity contribution in [2.45, 2.75) is 13.3 Å². The molecule has 0 unspecified atom stereocenters. The van der Waals surface area contributed by atoms with Crippen molar-refractivity contribution in [3.05, 3.63) is 21.6 Å². The van der Waals surface area contributed by atoms with E-state index >= 15 is 0 Å². The van der Waals surface area contributed by atoms with E-state index in [1.807, 2.05) is 0 Å². The zero-order chi connectivity index (χ0) is 5.28. The van der Waals surface area contributed by atoms with Crippen molar-refractivity contribution in [2.75, 3.05) is 0 Å². The van der Waals surface area contributed by atoms with Crippen molar-refractivity contribution in [1.82, 2.24) is 0 Å². The molecule has 0 amide bonds. The van der Waals surface area contributed by atoms with Crippen LogP contribution in [0.3, 0.4) is 0 Å². The zero-order valence-corrected chi connectivity index (χ0v) is 8.37. The van der Waals surface area contributed by atoms with Gasteiger partial charge < -0.3 is 0 Å². The van der Waals surface area contributed by atoms with Gasteiger partial charge in [0.05, 0.1) is 0 Å². The summed E-state index contributed by atoms with van der Waals surface area (Å²) < 4.78 is 1.48. The molecule has 0 bridgehead atoms. The Morgan fingerprint density at radius 2 is 2.00 bits per heavy atom. The smallest absolute Gasteiger partial charge is 0.147 e. The molecule has 0 aliphatic heterocycles. The maximum absolute atomic E-state index is 2.25. The van der Waals surface area contributed by atoms with Crippen molar-refractivity contribution in [1.29, 1.82) is 0 Å². The fourth-order valence-corrected chi connectivity index (χ4v) is 1.18. The van der Waals surface area contributed by atoms with Crippen LogP contribution in [-0.4, -0.2) is 0 Å². The van der Waals surface area contributed by atoms with Gasteiger partial charge >= 0.3 is 55.4 Å². The Bertz CT molecular complexity index is 138. The molecule has 9 heavy (non-hydrogen) atoms. The van der Waals surface area contributed by atoms with E-state index in [2.05, 4.69) is 39.5 Å². The molecule has 0 spiro atoms. The number of hydrogen-bond donors (Lipinski definition) is 0. The van der Waals surface area contributed by atoms with Crippen molar-refractivity contribution in [2.24, 2.45) is 0 Å². The molecule has 1 aliphatic rings. The predicted octanol–water partition coefficient (Wildman–Crippen LogP) is 2.61. The van der Waals surface area contributed by atoms with Gasteiger partial charge in [-0.25, -0.2) is 0 Å². The third-order valence-corrected chi connectivity index (χ3v) is 1.59. The Balaban J connectivity index is 0. The Hall–Kier alpha value is 0.774. The minimum Gasteiger partial charge on any atom is -0.147 e. The van der Waals surface area contributed by atoms with Gasteiger partial charge in [-0.05, 0) is 0 Å².